The first-order valence-electron chi connectivity index (χ1n) is 4.84. The monoisotopic (exact) mass is 210 g/mol. The van der Waals surface area contributed by atoms with Crippen molar-refractivity contribution in [2.24, 2.45) is 0 Å². The quantitative estimate of drug-likeness (QED) is 0.686. The maximum atomic E-state index is 5.63. The molecule has 0 aliphatic rings. The lowest BCUT2D eigenvalue weighted by atomic mass is 9.97. The standard InChI is InChI=1S/C13H11BS/c1-10-2-6-12(7-3-10)15-13-8-4-11(14)5-9-13/h2-9H,1H3. The van der Waals surface area contributed by atoms with E-state index in [1.54, 1.807) is 11.8 Å². The van der Waals surface area contributed by atoms with Gasteiger partial charge < -0.3 is 0 Å². The third kappa shape index (κ3) is 2.90. The van der Waals surface area contributed by atoms with Gasteiger partial charge in [0.25, 0.3) is 0 Å². The van der Waals surface area contributed by atoms with Gasteiger partial charge in [-0.25, -0.2) is 0 Å². The van der Waals surface area contributed by atoms with Crippen LogP contribution in [-0.4, -0.2) is 7.85 Å². The second-order valence-corrected chi connectivity index (χ2v) is 4.63. The minimum Gasteiger partial charge on any atom is -0.0966 e. The molecule has 0 spiro atoms. The Morgan fingerprint density at radius 2 is 1.27 bits per heavy atom. The maximum Gasteiger partial charge on any atom is 0.113 e. The molecule has 0 nitrogen and oxygen atoms in total. The Kier molecular flexibility index (Phi) is 3.17. The molecule has 0 aliphatic heterocycles. The normalized spacial score (nSPS) is 10.2. The lowest BCUT2D eigenvalue weighted by Crippen LogP contribution is -1.98. The SMILES string of the molecule is [B]c1ccc(Sc2ccc(C)cc2)cc1. The van der Waals surface area contributed by atoms with Crippen molar-refractivity contribution in [3.05, 3.63) is 54.1 Å². The summed E-state index contributed by atoms with van der Waals surface area (Å²) >= 11 is 1.75. The Morgan fingerprint density at radius 1 is 0.800 bits per heavy atom. The van der Waals surface area contributed by atoms with Gasteiger partial charge in [-0.15, -0.1) is 0 Å². The molecule has 0 saturated carbocycles. The van der Waals surface area contributed by atoms with E-state index in [1.807, 2.05) is 24.3 Å². The zero-order valence-electron chi connectivity index (χ0n) is 8.60. The summed E-state index contributed by atoms with van der Waals surface area (Å²) in [6, 6.07) is 16.5. The van der Waals surface area contributed by atoms with E-state index in [-0.39, 0.29) is 0 Å². The molecule has 2 heteroatoms. The molecular weight excluding hydrogens is 199 g/mol. The van der Waals surface area contributed by atoms with Crippen molar-refractivity contribution in [2.45, 2.75) is 16.7 Å². The van der Waals surface area contributed by atoms with Gasteiger partial charge in [-0.05, 0) is 31.2 Å². The molecule has 0 unspecified atom stereocenters. The van der Waals surface area contributed by atoms with E-state index in [0.29, 0.717) is 0 Å². The van der Waals surface area contributed by atoms with Crippen LogP contribution in [-0.2, 0) is 0 Å². The third-order valence-corrected chi connectivity index (χ3v) is 3.15. The average molecular weight is 210 g/mol. The minimum absolute atomic E-state index is 0.809. The van der Waals surface area contributed by atoms with E-state index >= 15 is 0 Å². The fraction of sp³-hybridized carbons (Fsp3) is 0.0769. The van der Waals surface area contributed by atoms with Gasteiger partial charge in [0.2, 0.25) is 0 Å². The summed E-state index contributed by atoms with van der Waals surface area (Å²) in [7, 11) is 5.63. The zero-order valence-corrected chi connectivity index (χ0v) is 9.42. The van der Waals surface area contributed by atoms with Crippen LogP contribution in [0.15, 0.2) is 58.3 Å². The van der Waals surface area contributed by atoms with Gasteiger partial charge in [-0.3, -0.25) is 0 Å². The van der Waals surface area contributed by atoms with Crippen LogP contribution in [0.1, 0.15) is 5.56 Å². The van der Waals surface area contributed by atoms with Gasteiger partial charge in [-0.1, -0.05) is 47.1 Å². The number of benzene rings is 2. The summed E-state index contributed by atoms with van der Waals surface area (Å²) in [5.41, 5.74) is 2.10. The molecular formula is C13H11BS. The number of aryl methyl sites for hydroxylation is 1. The Labute approximate surface area is 96.1 Å². The van der Waals surface area contributed by atoms with Gasteiger partial charge in [0.15, 0.2) is 0 Å². The summed E-state index contributed by atoms with van der Waals surface area (Å²) in [6.07, 6.45) is 0. The number of hydrogen-bond donors (Lipinski definition) is 0. The van der Waals surface area contributed by atoms with Crippen LogP contribution in [0.4, 0.5) is 0 Å². The highest BCUT2D eigenvalue weighted by atomic mass is 32.2. The van der Waals surface area contributed by atoms with E-state index in [9.17, 15) is 0 Å². The van der Waals surface area contributed by atoms with Crippen LogP contribution in [0.2, 0.25) is 0 Å². The van der Waals surface area contributed by atoms with Crippen molar-refractivity contribution in [1.29, 1.82) is 0 Å². The molecule has 2 radical (unpaired) electrons. The Morgan fingerprint density at radius 3 is 1.80 bits per heavy atom. The third-order valence-electron chi connectivity index (χ3n) is 2.14. The van der Waals surface area contributed by atoms with Crippen LogP contribution >= 0.6 is 11.8 Å². The minimum atomic E-state index is 0.809. The summed E-state index contributed by atoms with van der Waals surface area (Å²) in [6.45, 7) is 2.09. The van der Waals surface area contributed by atoms with Crippen LogP contribution in [0, 0.1) is 6.92 Å². The fourth-order valence-corrected chi connectivity index (χ4v) is 2.09. The van der Waals surface area contributed by atoms with Crippen molar-refractivity contribution < 1.29 is 0 Å². The first-order chi connectivity index (χ1) is 7.24. The van der Waals surface area contributed by atoms with Crippen molar-refractivity contribution in [3.63, 3.8) is 0 Å². The molecule has 2 aromatic rings. The molecule has 0 heterocycles. The Bertz CT molecular complexity index is 388. The first-order valence-corrected chi connectivity index (χ1v) is 5.66. The van der Waals surface area contributed by atoms with Crippen molar-refractivity contribution in [2.75, 3.05) is 0 Å². The molecule has 15 heavy (non-hydrogen) atoms. The molecule has 0 fully saturated rings. The van der Waals surface area contributed by atoms with Crippen LogP contribution in [0.3, 0.4) is 0 Å². The van der Waals surface area contributed by atoms with Crippen molar-refractivity contribution in [3.8, 4) is 0 Å². The van der Waals surface area contributed by atoms with Crippen molar-refractivity contribution in [1.82, 2.24) is 0 Å². The summed E-state index contributed by atoms with van der Waals surface area (Å²) in [5, 5.41) is 0. The van der Waals surface area contributed by atoms with Crippen LogP contribution < -0.4 is 5.46 Å². The molecule has 2 aromatic carbocycles. The highest BCUT2D eigenvalue weighted by molar-refractivity contribution is 7.99. The first kappa shape index (κ1) is 10.4. The van der Waals surface area contributed by atoms with E-state index < -0.39 is 0 Å². The summed E-state index contributed by atoms with van der Waals surface area (Å²) < 4.78 is 0. The Balaban J connectivity index is 2.15. The predicted octanol–water partition coefficient (Wildman–Crippen LogP) is 2.94. The number of hydrogen-bond acceptors (Lipinski definition) is 1. The van der Waals surface area contributed by atoms with Gasteiger partial charge in [0.05, 0.1) is 0 Å². The summed E-state index contributed by atoms with van der Waals surface area (Å²) in [4.78, 5) is 2.47. The molecule has 0 N–H and O–H groups in total. The van der Waals surface area contributed by atoms with E-state index in [2.05, 4.69) is 31.2 Å². The molecule has 0 aromatic heterocycles. The smallest absolute Gasteiger partial charge is 0.0966 e. The molecule has 2 rings (SSSR count). The van der Waals surface area contributed by atoms with Crippen molar-refractivity contribution >= 4 is 25.1 Å². The highest BCUT2D eigenvalue weighted by Crippen LogP contribution is 2.26. The molecule has 0 saturated heterocycles. The molecule has 0 amide bonds. The van der Waals surface area contributed by atoms with Gasteiger partial charge in [-0.2, -0.15) is 0 Å². The van der Waals surface area contributed by atoms with E-state index in [4.69, 9.17) is 7.85 Å². The predicted molar refractivity (Wildman–Crippen MR) is 67.1 cm³/mol. The largest absolute Gasteiger partial charge is 0.113 e. The second kappa shape index (κ2) is 4.58. The van der Waals surface area contributed by atoms with Gasteiger partial charge >= 0.3 is 0 Å². The maximum absolute atomic E-state index is 5.63. The van der Waals surface area contributed by atoms with Crippen LogP contribution in [0.5, 0.6) is 0 Å². The highest BCUT2D eigenvalue weighted by Gasteiger charge is 1.96. The lowest BCUT2D eigenvalue weighted by Gasteiger charge is -2.02. The topological polar surface area (TPSA) is 0 Å². The van der Waals surface area contributed by atoms with Crippen LogP contribution in [0.25, 0.3) is 0 Å². The second-order valence-electron chi connectivity index (χ2n) is 3.48. The van der Waals surface area contributed by atoms with Gasteiger partial charge in [0, 0.05) is 9.79 Å². The van der Waals surface area contributed by atoms with Gasteiger partial charge in [0.1, 0.15) is 7.85 Å². The molecule has 72 valence electrons. The molecule has 0 atom stereocenters. The van der Waals surface area contributed by atoms with E-state index in [1.165, 1.54) is 15.4 Å². The van der Waals surface area contributed by atoms with E-state index in [0.717, 1.165) is 5.46 Å². The Hall–Kier alpha value is -1.15. The number of rotatable bonds is 2. The zero-order chi connectivity index (χ0) is 10.7. The summed E-state index contributed by atoms with van der Waals surface area (Å²) in [5.74, 6) is 0. The molecule has 0 bridgehead atoms. The lowest BCUT2D eigenvalue weighted by molar-refractivity contribution is 1.36. The average Bonchev–Trinajstić information content (AvgIpc) is 2.25. The fourth-order valence-electron chi connectivity index (χ4n) is 1.28. The molecule has 0 aliphatic carbocycles.